The van der Waals surface area contributed by atoms with E-state index in [0.29, 0.717) is 36.0 Å². The molecule has 2 fully saturated rings. The van der Waals surface area contributed by atoms with Gasteiger partial charge in [-0.3, -0.25) is 4.79 Å². The van der Waals surface area contributed by atoms with E-state index >= 15 is 0 Å². The Morgan fingerprint density at radius 2 is 1.89 bits per heavy atom. The van der Waals surface area contributed by atoms with E-state index in [-0.39, 0.29) is 30.2 Å². The largest absolute Gasteiger partial charge is 1.00 e. The summed E-state index contributed by atoms with van der Waals surface area (Å²) in [7, 11) is -5.75. The third-order valence-electron chi connectivity index (χ3n) is 7.09. The number of halogens is 2. The number of rotatable bonds is 2. The normalized spacial score (nSPS) is 32.9. The fourth-order valence-electron chi connectivity index (χ4n) is 5.68. The van der Waals surface area contributed by atoms with Crippen LogP contribution >= 0.6 is 0 Å². The standard InChI is InChI=1S/C19H22F2O4S.Li/c1-18-9-8-14-13-5-3-12(19(20,21)26(23,24)25)10-11(13)2-4-15(14)16(18)6-7-17(18)22;/h3,5,10,14-16H,2,4,6-9H2,1H3,(H,23,24,25);/q;+1/p-1/t14-,15-,16+,18+;/m1./s1. The van der Waals surface area contributed by atoms with Crippen molar-refractivity contribution < 1.29 is 45.4 Å². The maximum atomic E-state index is 13.9. The molecule has 0 bridgehead atoms. The molecular weight excluding hydrogens is 369 g/mol. The first-order valence-corrected chi connectivity index (χ1v) is 10.5. The number of Topliss-reactive ketones (excluding diaryl/α,β-unsaturated/α-hetero) is 1. The predicted molar refractivity (Wildman–Crippen MR) is 89.7 cm³/mol. The molecule has 0 spiro atoms. The quantitative estimate of drug-likeness (QED) is 0.551. The van der Waals surface area contributed by atoms with Crippen LogP contribution in [0.5, 0.6) is 0 Å². The van der Waals surface area contributed by atoms with Crippen LogP contribution in [0.15, 0.2) is 18.2 Å². The van der Waals surface area contributed by atoms with Crippen LogP contribution in [0.4, 0.5) is 8.78 Å². The average Bonchev–Trinajstić information content (AvgIpc) is 2.88. The van der Waals surface area contributed by atoms with E-state index in [1.54, 1.807) is 6.07 Å². The molecule has 0 aliphatic heterocycles. The molecule has 0 radical (unpaired) electrons. The first-order valence-electron chi connectivity index (χ1n) is 9.05. The first-order chi connectivity index (χ1) is 12.1. The van der Waals surface area contributed by atoms with E-state index in [2.05, 4.69) is 6.92 Å². The summed E-state index contributed by atoms with van der Waals surface area (Å²) in [4.78, 5) is 12.3. The van der Waals surface area contributed by atoms with Gasteiger partial charge in [-0.2, -0.15) is 8.78 Å². The molecule has 27 heavy (non-hydrogen) atoms. The van der Waals surface area contributed by atoms with Crippen LogP contribution in [0.2, 0.25) is 0 Å². The van der Waals surface area contributed by atoms with E-state index < -0.39 is 20.9 Å². The monoisotopic (exact) mass is 390 g/mol. The number of alkyl halides is 2. The Balaban J connectivity index is 0.00000210. The number of carbonyl (C=O) groups is 1. The molecular formula is C19H21F2LiO4S. The van der Waals surface area contributed by atoms with Crippen molar-refractivity contribution in [1.82, 2.24) is 0 Å². The molecule has 0 amide bonds. The van der Waals surface area contributed by atoms with Crippen molar-refractivity contribution in [3.05, 3.63) is 34.9 Å². The number of aryl methyl sites for hydroxylation is 1. The molecule has 0 heterocycles. The van der Waals surface area contributed by atoms with Crippen LogP contribution in [-0.4, -0.2) is 18.8 Å². The van der Waals surface area contributed by atoms with Crippen molar-refractivity contribution in [3.8, 4) is 0 Å². The predicted octanol–water partition coefficient (Wildman–Crippen LogP) is 0.710. The first kappa shape index (κ1) is 21.0. The van der Waals surface area contributed by atoms with Gasteiger partial charge in [0.05, 0.1) is 0 Å². The molecule has 1 aromatic rings. The second-order valence-corrected chi connectivity index (χ2v) is 9.64. The number of hydrogen-bond donors (Lipinski definition) is 0. The summed E-state index contributed by atoms with van der Waals surface area (Å²) < 4.78 is 60.5. The zero-order valence-corrected chi connectivity index (χ0v) is 16.3. The molecule has 8 heteroatoms. The second-order valence-electron chi connectivity index (χ2n) is 8.22. The molecule has 0 aromatic heterocycles. The zero-order valence-electron chi connectivity index (χ0n) is 15.5. The van der Waals surface area contributed by atoms with Crippen molar-refractivity contribution in [3.63, 3.8) is 0 Å². The number of benzene rings is 1. The second kappa shape index (κ2) is 6.65. The minimum atomic E-state index is -5.75. The van der Waals surface area contributed by atoms with Gasteiger partial charge in [0.25, 0.3) is 0 Å². The van der Waals surface area contributed by atoms with E-state index in [0.717, 1.165) is 37.3 Å². The van der Waals surface area contributed by atoms with Gasteiger partial charge in [0.2, 0.25) is 0 Å². The fourth-order valence-corrected chi connectivity index (χ4v) is 6.09. The summed E-state index contributed by atoms with van der Waals surface area (Å²) >= 11 is 0. The van der Waals surface area contributed by atoms with Gasteiger partial charge < -0.3 is 4.55 Å². The smallest absolute Gasteiger partial charge is 0.743 e. The third-order valence-corrected chi connectivity index (χ3v) is 7.95. The summed E-state index contributed by atoms with van der Waals surface area (Å²) in [5.74, 6) is 1.27. The zero-order chi connectivity index (χ0) is 18.9. The molecule has 4 nitrogen and oxygen atoms in total. The number of carbonyl (C=O) groups excluding carboxylic acids is 1. The van der Waals surface area contributed by atoms with Gasteiger partial charge in [-0.25, -0.2) is 8.42 Å². The number of fused-ring (bicyclic) bond motifs is 5. The van der Waals surface area contributed by atoms with Crippen molar-refractivity contribution >= 4 is 15.9 Å². The molecule has 0 unspecified atom stereocenters. The Bertz CT molecular complexity index is 886. The van der Waals surface area contributed by atoms with Gasteiger partial charge in [-0.1, -0.05) is 19.1 Å². The van der Waals surface area contributed by atoms with Gasteiger partial charge in [-0.05, 0) is 67.1 Å². The SMILES string of the molecule is C[C@]12CC[C@@H]3c4ccc(C(F)(F)S(=O)(=O)[O-])cc4CC[C@H]3[C@@H]1CCC2=O.[Li+]. The van der Waals surface area contributed by atoms with Crippen molar-refractivity contribution in [2.75, 3.05) is 0 Å². The minimum absolute atomic E-state index is 0. The van der Waals surface area contributed by atoms with Crippen LogP contribution in [0.1, 0.15) is 61.6 Å². The van der Waals surface area contributed by atoms with Crippen LogP contribution < -0.4 is 18.9 Å². The molecule has 0 saturated heterocycles. The summed E-state index contributed by atoms with van der Waals surface area (Å²) in [6.45, 7) is 2.07. The van der Waals surface area contributed by atoms with Gasteiger partial charge in [0.1, 0.15) is 5.78 Å². The number of ketones is 1. The van der Waals surface area contributed by atoms with E-state index in [1.807, 2.05) is 0 Å². The summed E-state index contributed by atoms with van der Waals surface area (Å²) in [6.07, 6.45) is 4.56. The average molecular weight is 390 g/mol. The Hall–Kier alpha value is -0.743. The molecule has 2 saturated carbocycles. The Morgan fingerprint density at radius 3 is 2.56 bits per heavy atom. The minimum Gasteiger partial charge on any atom is -0.743 e. The van der Waals surface area contributed by atoms with E-state index in [4.69, 9.17) is 0 Å². The molecule has 4 rings (SSSR count). The summed E-state index contributed by atoms with van der Waals surface area (Å²) in [5.41, 5.74) is 0.689. The molecule has 0 N–H and O–H groups in total. The van der Waals surface area contributed by atoms with Crippen LogP contribution in [0.3, 0.4) is 0 Å². The molecule has 142 valence electrons. The Morgan fingerprint density at radius 1 is 1.19 bits per heavy atom. The van der Waals surface area contributed by atoms with Gasteiger partial charge in [-0.15, -0.1) is 0 Å². The van der Waals surface area contributed by atoms with Gasteiger partial charge >= 0.3 is 24.1 Å². The summed E-state index contributed by atoms with van der Waals surface area (Å²) in [5, 5.41) is -4.41. The van der Waals surface area contributed by atoms with Crippen molar-refractivity contribution in [1.29, 1.82) is 0 Å². The van der Waals surface area contributed by atoms with E-state index in [1.165, 1.54) is 6.07 Å². The summed E-state index contributed by atoms with van der Waals surface area (Å²) in [6, 6.07) is 3.83. The van der Waals surface area contributed by atoms with Crippen LogP contribution in [-0.2, 0) is 26.6 Å². The molecule has 4 atom stereocenters. The van der Waals surface area contributed by atoms with Crippen LogP contribution in [0.25, 0.3) is 0 Å². The number of hydrogen-bond acceptors (Lipinski definition) is 4. The Kier molecular flexibility index (Phi) is 5.17. The van der Waals surface area contributed by atoms with Crippen LogP contribution in [0, 0.1) is 17.3 Å². The van der Waals surface area contributed by atoms with Gasteiger partial charge in [0, 0.05) is 17.4 Å². The third kappa shape index (κ3) is 3.02. The van der Waals surface area contributed by atoms with Gasteiger partial charge in [0.15, 0.2) is 10.1 Å². The van der Waals surface area contributed by atoms with Crippen molar-refractivity contribution in [2.24, 2.45) is 17.3 Å². The maximum Gasteiger partial charge on any atom is 1.00 e. The molecule has 3 aliphatic rings. The maximum absolute atomic E-state index is 13.9. The fraction of sp³-hybridized carbons (Fsp3) is 0.632. The molecule has 3 aliphatic carbocycles. The topological polar surface area (TPSA) is 74.3 Å². The Labute approximate surface area is 170 Å². The molecule has 1 aromatic carbocycles. The van der Waals surface area contributed by atoms with Crippen molar-refractivity contribution in [2.45, 2.75) is 56.6 Å². The van der Waals surface area contributed by atoms with E-state index in [9.17, 15) is 26.5 Å².